The minimum absolute atomic E-state index is 0.226. The molecule has 24 heavy (non-hydrogen) atoms. The molecule has 0 aliphatic rings. The Balaban J connectivity index is 2.01. The van der Waals surface area contributed by atoms with Crippen molar-refractivity contribution in [1.82, 2.24) is 5.32 Å². The van der Waals surface area contributed by atoms with E-state index in [-0.39, 0.29) is 18.0 Å². The summed E-state index contributed by atoms with van der Waals surface area (Å²) in [7, 11) is 0. The monoisotopic (exact) mass is 393 g/mol. The van der Waals surface area contributed by atoms with Crippen LogP contribution in [0.2, 0.25) is 0 Å². The van der Waals surface area contributed by atoms with Gasteiger partial charge in [-0.15, -0.1) is 0 Å². The van der Waals surface area contributed by atoms with Gasteiger partial charge in [0.1, 0.15) is 0 Å². The van der Waals surface area contributed by atoms with Crippen molar-refractivity contribution in [3.05, 3.63) is 58.2 Å². The Morgan fingerprint density at radius 3 is 2.12 bits per heavy atom. The Morgan fingerprint density at radius 1 is 0.958 bits per heavy atom. The minimum atomic E-state index is -0.560. The number of benzene rings is 2. The van der Waals surface area contributed by atoms with Crippen LogP contribution < -0.4 is 5.32 Å². The fourth-order valence-electron chi connectivity index (χ4n) is 1.94. The van der Waals surface area contributed by atoms with Gasteiger partial charge in [0.25, 0.3) is 0 Å². The summed E-state index contributed by atoms with van der Waals surface area (Å²) in [6, 6.07) is 5.69. The SMILES string of the molecule is C=C(/C=C/c1cc(O)c(O)c(Br)c1)NCc1cc(O)c(O)c(O)c1. The molecule has 0 spiro atoms. The summed E-state index contributed by atoms with van der Waals surface area (Å²) < 4.78 is 0.371. The van der Waals surface area contributed by atoms with E-state index in [1.165, 1.54) is 18.2 Å². The molecule has 0 amide bonds. The average Bonchev–Trinajstić information content (AvgIpc) is 2.53. The Bertz CT molecular complexity index is 771. The van der Waals surface area contributed by atoms with Crippen molar-refractivity contribution in [1.29, 1.82) is 0 Å². The van der Waals surface area contributed by atoms with Gasteiger partial charge in [0, 0.05) is 12.2 Å². The number of rotatable bonds is 5. The number of phenols is 5. The number of phenolic OH excluding ortho intramolecular Hbond substituents is 5. The lowest BCUT2D eigenvalue weighted by Crippen LogP contribution is -2.10. The maximum atomic E-state index is 9.55. The maximum Gasteiger partial charge on any atom is 0.200 e. The van der Waals surface area contributed by atoms with E-state index in [1.807, 2.05) is 0 Å². The van der Waals surface area contributed by atoms with Crippen molar-refractivity contribution in [2.24, 2.45) is 0 Å². The third kappa shape index (κ3) is 4.14. The maximum absolute atomic E-state index is 9.55. The lowest BCUT2D eigenvalue weighted by Gasteiger charge is -2.08. The van der Waals surface area contributed by atoms with E-state index in [1.54, 1.807) is 18.2 Å². The van der Waals surface area contributed by atoms with E-state index in [0.717, 1.165) is 0 Å². The molecule has 6 N–H and O–H groups in total. The molecule has 6 nitrogen and oxygen atoms in total. The minimum Gasteiger partial charge on any atom is -0.504 e. The molecule has 0 aliphatic carbocycles. The predicted octanol–water partition coefficient (Wildman–Crippen LogP) is 3.29. The molecule has 0 bridgehead atoms. The number of aromatic hydroxyl groups is 5. The molecule has 0 saturated heterocycles. The van der Waals surface area contributed by atoms with Crippen LogP contribution >= 0.6 is 15.9 Å². The van der Waals surface area contributed by atoms with E-state index in [2.05, 4.69) is 27.8 Å². The van der Waals surface area contributed by atoms with Gasteiger partial charge in [-0.05, 0) is 57.4 Å². The van der Waals surface area contributed by atoms with Gasteiger partial charge in [-0.1, -0.05) is 12.7 Å². The van der Waals surface area contributed by atoms with Crippen molar-refractivity contribution in [2.75, 3.05) is 0 Å². The normalized spacial score (nSPS) is 10.9. The summed E-state index contributed by atoms with van der Waals surface area (Å²) in [6.07, 6.45) is 3.35. The first-order valence-electron chi connectivity index (χ1n) is 6.84. The van der Waals surface area contributed by atoms with E-state index in [0.29, 0.717) is 21.3 Å². The summed E-state index contributed by atoms with van der Waals surface area (Å²) in [4.78, 5) is 0. The van der Waals surface area contributed by atoms with E-state index < -0.39 is 17.2 Å². The van der Waals surface area contributed by atoms with Crippen molar-refractivity contribution in [3.63, 3.8) is 0 Å². The van der Waals surface area contributed by atoms with Crippen LogP contribution in [0.25, 0.3) is 6.08 Å². The van der Waals surface area contributed by atoms with Crippen LogP contribution in [-0.4, -0.2) is 25.5 Å². The van der Waals surface area contributed by atoms with E-state index in [4.69, 9.17) is 0 Å². The van der Waals surface area contributed by atoms with Gasteiger partial charge in [0.2, 0.25) is 0 Å². The molecule has 2 aromatic rings. The molecule has 0 aromatic heterocycles. The van der Waals surface area contributed by atoms with Crippen molar-refractivity contribution < 1.29 is 25.5 Å². The molecule has 7 heteroatoms. The third-order valence-electron chi connectivity index (χ3n) is 3.19. The van der Waals surface area contributed by atoms with Gasteiger partial charge in [-0.2, -0.15) is 0 Å². The summed E-state index contributed by atoms with van der Waals surface area (Å²) in [5.74, 6) is -1.83. The number of hydrogen-bond acceptors (Lipinski definition) is 6. The van der Waals surface area contributed by atoms with Gasteiger partial charge >= 0.3 is 0 Å². The Morgan fingerprint density at radius 2 is 1.54 bits per heavy atom. The highest BCUT2D eigenvalue weighted by atomic mass is 79.9. The molecule has 2 aromatic carbocycles. The Hall–Kier alpha value is -2.80. The highest BCUT2D eigenvalue weighted by molar-refractivity contribution is 9.10. The lowest BCUT2D eigenvalue weighted by molar-refractivity contribution is 0.367. The van der Waals surface area contributed by atoms with Crippen LogP contribution in [0.1, 0.15) is 11.1 Å². The highest BCUT2D eigenvalue weighted by Gasteiger charge is 2.08. The molecule has 126 valence electrons. The number of nitrogens with one attached hydrogen (secondary N) is 1. The van der Waals surface area contributed by atoms with Crippen LogP contribution in [-0.2, 0) is 6.54 Å². The standard InChI is InChI=1S/C17H16BrNO5/c1-9(2-3-10-4-12(18)16(23)13(20)5-10)19-8-11-6-14(21)17(24)15(22)7-11/h2-7,19-24H,1,8H2/b3-2+. The topological polar surface area (TPSA) is 113 Å². The van der Waals surface area contributed by atoms with Gasteiger partial charge < -0.3 is 30.8 Å². The Kier molecular flexibility index (Phi) is 5.25. The van der Waals surface area contributed by atoms with Gasteiger partial charge in [-0.3, -0.25) is 0 Å². The van der Waals surface area contributed by atoms with Crippen LogP contribution in [0.4, 0.5) is 0 Å². The van der Waals surface area contributed by atoms with Gasteiger partial charge in [0.05, 0.1) is 4.47 Å². The molecule has 0 atom stereocenters. The van der Waals surface area contributed by atoms with Gasteiger partial charge in [-0.25, -0.2) is 0 Å². The molecule has 0 heterocycles. The number of allylic oxidation sites excluding steroid dienone is 1. The number of halogens is 1. The predicted molar refractivity (Wildman–Crippen MR) is 93.9 cm³/mol. The summed E-state index contributed by atoms with van der Waals surface area (Å²) >= 11 is 3.13. The molecular formula is C17H16BrNO5. The Labute approximate surface area is 146 Å². The van der Waals surface area contributed by atoms with Crippen molar-refractivity contribution in [3.8, 4) is 28.7 Å². The smallest absolute Gasteiger partial charge is 0.200 e. The molecule has 0 aliphatic heterocycles. The summed E-state index contributed by atoms with van der Waals surface area (Å²) in [5.41, 5.74) is 1.76. The summed E-state index contributed by atoms with van der Waals surface area (Å²) in [5, 5.41) is 50.2. The molecular weight excluding hydrogens is 378 g/mol. The third-order valence-corrected chi connectivity index (χ3v) is 3.80. The van der Waals surface area contributed by atoms with Gasteiger partial charge in [0.15, 0.2) is 28.7 Å². The highest BCUT2D eigenvalue weighted by Crippen LogP contribution is 2.36. The molecule has 2 rings (SSSR count). The molecule has 0 saturated carbocycles. The van der Waals surface area contributed by atoms with Crippen molar-refractivity contribution in [2.45, 2.75) is 6.54 Å². The summed E-state index contributed by atoms with van der Waals surface area (Å²) in [6.45, 7) is 4.09. The first kappa shape index (κ1) is 17.6. The lowest BCUT2D eigenvalue weighted by atomic mass is 10.1. The van der Waals surface area contributed by atoms with E-state index >= 15 is 0 Å². The average molecular weight is 394 g/mol. The largest absolute Gasteiger partial charge is 0.504 e. The van der Waals surface area contributed by atoms with Crippen LogP contribution in [0, 0.1) is 0 Å². The second-order valence-corrected chi connectivity index (χ2v) is 5.92. The first-order chi connectivity index (χ1) is 11.3. The fourth-order valence-corrected chi connectivity index (χ4v) is 2.40. The van der Waals surface area contributed by atoms with Crippen LogP contribution in [0.15, 0.2) is 47.1 Å². The van der Waals surface area contributed by atoms with E-state index in [9.17, 15) is 25.5 Å². The fraction of sp³-hybridized carbons (Fsp3) is 0.0588. The van der Waals surface area contributed by atoms with Crippen LogP contribution in [0.3, 0.4) is 0 Å². The van der Waals surface area contributed by atoms with Crippen molar-refractivity contribution >= 4 is 22.0 Å². The second-order valence-electron chi connectivity index (χ2n) is 5.07. The molecule has 0 fully saturated rings. The zero-order chi connectivity index (χ0) is 17.9. The quantitative estimate of drug-likeness (QED) is 0.343. The molecule has 0 unspecified atom stereocenters. The zero-order valence-corrected chi connectivity index (χ0v) is 14.1. The number of hydrogen-bond donors (Lipinski definition) is 6. The van der Waals surface area contributed by atoms with Crippen LogP contribution in [0.5, 0.6) is 28.7 Å². The zero-order valence-electron chi connectivity index (χ0n) is 12.5. The molecule has 0 radical (unpaired) electrons. The first-order valence-corrected chi connectivity index (χ1v) is 7.63. The second kappa shape index (κ2) is 7.18.